The topological polar surface area (TPSA) is 73.1 Å². The molecule has 1 aromatic heterocycles. The number of nitrogens with one attached hydrogen (secondary N) is 1. The van der Waals surface area contributed by atoms with Crippen LogP contribution in [-0.4, -0.2) is 30.0 Å². The standard InChI is InChI=1S/C7H9F3N4O/c1-12-6-4(11)2-5(13-14-6)15-3-7(8,9)10/h2H,3H2,1H3,(H2,11,13)(H,12,14). The molecule has 0 saturated heterocycles. The molecule has 1 aromatic rings. The Morgan fingerprint density at radius 1 is 1.47 bits per heavy atom. The molecule has 0 saturated carbocycles. The van der Waals surface area contributed by atoms with E-state index < -0.39 is 12.8 Å². The number of halogens is 3. The van der Waals surface area contributed by atoms with E-state index in [1.54, 1.807) is 7.05 Å². The van der Waals surface area contributed by atoms with E-state index in [0.29, 0.717) is 0 Å². The van der Waals surface area contributed by atoms with Gasteiger partial charge in [0.2, 0.25) is 5.88 Å². The molecule has 0 atom stereocenters. The number of hydrogen-bond acceptors (Lipinski definition) is 5. The van der Waals surface area contributed by atoms with Crippen LogP contribution in [0.15, 0.2) is 6.07 Å². The minimum absolute atomic E-state index is 0.171. The van der Waals surface area contributed by atoms with Crippen LogP contribution in [0.2, 0.25) is 0 Å². The van der Waals surface area contributed by atoms with Crippen LogP contribution in [0.1, 0.15) is 0 Å². The molecule has 0 fully saturated rings. The van der Waals surface area contributed by atoms with Crippen LogP contribution in [0.5, 0.6) is 5.88 Å². The lowest BCUT2D eigenvalue weighted by atomic mass is 10.4. The summed E-state index contributed by atoms with van der Waals surface area (Å²) in [4.78, 5) is 0. The Morgan fingerprint density at radius 2 is 2.13 bits per heavy atom. The van der Waals surface area contributed by atoms with Gasteiger partial charge in [-0.2, -0.15) is 13.2 Å². The molecule has 0 aromatic carbocycles. The molecule has 0 aliphatic rings. The highest BCUT2D eigenvalue weighted by molar-refractivity contribution is 5.60. The average molecular weight is 222 g/mol. The number of hydrogen-bond donors (Lipinski definition) is 2. The molecule has 15 heavy (non-hydrogen) atoms. The van der Waals surface area contributed by atoms with Crippen LogP contribution in [0.25, 0.3) is 0 Å². The Labute approximate surface area is 83.4 Å². The molecule has 0 spiro atoms. The number of nitrogens with two attached hydrogens (primary N) is 1. The predicted molar refractivity (Wildman–Crippen MR) is 47.5 cm³/mol. The summed E-state index contributed by atoms with van der Waals surface area (Å²) in [7, 11) is 1.57. The van der Waals surface area contributed by atoms with E-state index in [1.807, 2.05) is 0 Å². The fraction of sp³-hybridized carbons (Fsp3) is 0.429. The Balaban J connectivity index is 2.68. The van der Waals surface area contributed by atoms with E-state index >= 15 is 0 Å². The monoisotopic (exact) mass is 222 g/mol. The summed E-state index contributed by atoms with van der Waals surface area (Å²) >= 11 is 0. The first-order valence-corrected chi connectivity index (χ1v) is 3.93. The summed E-state index contributed by atoms with van der Waals surface area (Å²) in [5.41, 5.74) is 5.62. The molecule has 0 amide bonds. The smallest absolute Gasteiger partial charge is 0.422 e. The first-order valence-electron chi connectivity index (χ1n) is 3.93. The quantitative estimate of drug-likeness (QED) is 0.799. The van der Waals surface area contributed by atoms with Crippen LogP contribution in [0.4, 0.5) is 24.7 Å². The first-order chi connectivity index (χ1) is 6.92. The molecule has 1 rings (SSSR count). The van der Waals surface area contributed by atoms with Crippen molar-refractivity contribution in [3.8, 4) is 5.88 Å². The Morgan fingerprint density at radius 3 is 2.60 bits per heavy atom. The number of nitrogens with zero attached hydrogens (tertiary/aromatic N) is 2. The van der Waals surface area contributed by atoms with Gasteiger partial charge in [-0.3, -0.25) is 0 Å². The highest BCUT2D eigenvalue weighted by atomic mass is 19.4. The molecule has 1 heterocycles. The van der Waals surface area contributed by atoms with E-state index in [9.17, 15) is 13.2 Å². The molecule has 84 valence electrons. The van der Waals surface area contributed by atoms with Gasteiger partial charge in [0.05, 0.1) is 5.69 Å². The zero-order valence-corrected chi connectivity index (χ0v) is 7.80. The molecule has 0 radical (unpaired) electrons. The van der Waals surface area contributed by atoms with Gasteiger partial charge in [0, 0.05) is 13.1 Å². The zero-order chi connectivity index (χ0) is 11.5. The highest BCUT2D eigenvalue weighted by Gasteiger charge is 2.28. The summed E-state index contributed by atoms with van der Waals surface area (Å²) in [6.07, 6.45) is -4.40. The second-order valence-corrected chi connectivity index (χ2v) is 2.64. The van der Waals surface area contributed by atoms with E-state index in [1.165, 1.54) is 6.07 Å². The van der Waals surface area contributed by atoms with Crippen molar-refractivity contribution in [3.63, 3.8) is 0 Å². The molecule has 0 unspecified atom stereocenters. The maximum atomic E-state index is 11.8. The predicted octanol–water partition coefficient (Wildman–Crippen LogP) is 1.04. The molecule has 5 nitrogen and oxygen atoms in total. The van der Waals surface area contributed by atoms with Crippen molar-refractivity contribution in [2.24, 2.45) is 0 Å². The second kappa shape index (κ2) is 4.20. The summed E-state index contributed by atoms with van der Waals surface area (Å²) in [6, 6.07) is 1.17. The SMILES string of the molecule is CNc1nnc(OCC(F)(F)F)cc1N. The lowest BCUT2D eigenvalue weighted by molar-refractivity contribution is -0.154. The number of ether oxygens (including phenoxy) is 1. The number of nitrogen functional groups attached to an aromatic ring is 1. The Kier molecular flexibility index (Phi) is 3.17. The summed E-state index contributed by atoms with van der Waals surface area (Å²) in [6.45, 7) is -1.42. The summed E-state index contributed by atoms with van der Waals surface area (Å²) in [5, 5.41) is 9.54. The van der Waals surface area contributed by atoms with Gasteiger partial charge in [0.1, 0.15) is 0 Å². The second-order valence-electron chi connectivity index (χ2n) is 2.64. The van der Waals surface area contributed by atoms with Gasteiger partial charge < -0.3 is 15.8 Å². The van der Waals surface area contributed by atoms with Gasteiger partial charge in [-0.05, 0) is 0 Å². The maximum absolute atomic E-state index is 11.8. The van der Waals surface area contributed by atoms with Crippen molar-refractivity contribution < 1.29 is 17.9 Å². The average Bonchev–Trinajstić information content (AvgIpc) is 2.14. The normalized spacial score (nSPS) is 11.2. The van der Waals surface area contributed by atoms with Crippen LogP contribution in [-0.2, 0) is 0 Å². The molecule has 0 aliphatic carbocycles. The van der Waals surface area contributed by atoms with Crippen molar-refractivity contribution in [2.45, 2.75) is 6.18 Å². The van der Waals surface area contributed by atoms with Crippen molar-refractivity contribution in [1.29, 1.82) is 0 Å². The van der Waals surface area contributed by atoms with Gasteiger partial charge in [-0.1, -0.05) is 0 Å². The van der Waals surface area contributed by atoms with Gasteiger partial charge >= 0.3 is 6.18 Å². The minimum Gasteiger partial charge on any atom is -0.467 e. The van der Waals surface area contributed by atoms with E-state index in [0.717, 1.165) is 0 Å². The summed E-state index contributed by atoms with van der Waals surface area (Å²) in [5.74, 6) is 0.0261. The first kappa shape index (κ1) is 11.3. The number of aromatic nitrogens is 2. The lowest BCUT2D eigenvalue weighted by Crippen LogP contribution is -2.20. The van der Waals surface area contributed by atoms with Crippen molar-refractivity contribution in [3.05, 3.63) is 6.07 Å². The molecule has 3 N–H and O–H groups in total. The number of alkyl halides is 3. The summed E-state index contributed by atoms with van der Waals surface area (Å²) < 4.78 is 39.7. The largest absolute Gasteiger partial charge is 0.467 e. The molecule has 0 aliphatic heterocycles. The van der Waals surface area contributed by atoms with E-state index in [2.05, 4.69) is 20.3 Å². The molecule has 8 heteroatoms. The van der Waals surface area contributed by atoms with Crippen molar-refractivity contribution in [2.75, 3.05) is 24.7 Å². The van der Waals surface area contributed by atoms with Crippen LogP contribution in [0.3, 0.4) is 0 Å². The van der Waals surface area contributed by atoms with Crippen LogP contribution >= 0.6 is 0 Å². The van der Waals surface area contributed by atoms with Crippen LogP contribution < -0.4 is 15.8 Å². The van der Waals surface area contributed by atoms with Crippen LogP contribution in [0, 0.1) is 0 Å². The molecular weight excluding hydrogens is 213 g/mol. The van der Waals surface area contributed by atoms with E-state index in [4.69, 9.17) is 5.73 Å². The van der Waals surface area contributed by atoms with Crippen molar-refractivity contribution in [1.82, 2.24) is 10.2 Å². The maximum Gasteiger partial charge on any atom is 0.422 e. The fourth-order valence-electron chi connectivity index (χ4n) is 0.808. The third-order valence-electron chi connectivity index (χ3n) is 1.42. The number of rotatable bonds is 3. The zero-order valence-electron chi connectivity index (χ0n) is 7.80. The van der Waals surface area contributed by atoms with Gasteiger partial charge in [0.15, 0.2) is 12.4 Å². The van der Waals surface area contributed by atoms with Gasteiger partial charge in [0.25, 0.3) is 0 Å². The third-order valence-corrected chi connectivity index (χ3v) is 1.42. The van der Waals surface area contributed by atoms with E-state index in [-0.39, 0.29) is 17.4 Å². The Hall–Kier alpha value is -1.73. The molecule has 0 bridgehead atoms. The van der Waals surface area contributed by atoms with Gasteiger partial charge in [-0.15, -0.1) is 10.2 Å². The fourth-order valence-corrected chi connectivity index (χ4v) is 0.808. The molecular formula is C7H9F3N4O. The number of anilines is 2. The lowest BCUT2D eigenvalue weighted by Gasteiger charge is -2.09. The highest BCUT2D eigenvalue weighted by Crippen LogP contribution is 2.20. The van der Waals surface area contributed by atoms with Crippen molar-refractivity contribution >= 4 is 11.5 Å². The minimum atomic E-state index is -4.40. The Bertz CT molecular complexity index is 341. The van der Waals surface area contributed by atoms with Gasteiger partial charge in [-0.25, -0.2) is 0 Å². The third kappa shape index (κ3) is 3.49.